The summed E-state index contributed by atoms with van der Waals surface area (Å²) in [6.45, 7) is 0. The van der Waals surface area contributed by atoms with E-state index in [1.54, 1.807) is 0 Å². The number of hydrogen-bond acceptors (Lipinski definition) is 1. The third kappa shape index (κ3) is 2.32. The molecule has 0 fully saturated rings. The number of benzene rings is 3. The normalized spacial score (nSPS) is 11.0. The molecule has 0 aliphatic rings. The molecule has 3 heteroatoms. The Morgan fingerprint density at radius 3 is 2.30 bits per heavy atom. The predicted octanol–water partition coefficient (Wildman–Crippen LogP) is 5.61. The molecule has 0 saturated carbocycles. The molecule has 0 aliphatic carbocycles. The first-order valence-corrected chi connectivity index (χ1v) is 8.22. The minimum Gasteiger partial charge on any atom is -0.309 e. The predicted molar refractivity (Wildman–Crippen MR) is 97.8 cm³/mol. The number of rotatable bonds is 2. The van der Waals surface area contributed by atoms with Gasteiger partial charge in [0.1, 0.15) is 0 Å². The van der Waals surface area contributed by atoms with Crippen LogP contribution in [0.25, 0.3) is 27.5 Å². The smallest absolute Gasteiger partial charge is 0.0669 e. The Morgan fingerprint density at radius 1 is 0.870 bits per heavy atom. The third-order valence-electron chi connectivity index (χ3n) is 4.09. The van der Waals surface area contributed by atoms with Gasteiger partial charge in [-0.3, -0.25) is 0 Å². The maximum absolute atomic E-state index is 8.97. The fraction of sp³-hybridized carbons (Fsp3) is 0.0500. The van der Waals surface area contributed by atoms with Crippen LogP contribution in [0.4, 0.5) is 0 Å². The lowest BCUT2D eigenvalue weighted by atomic mass is 10.1. The molecule has 110 valence electrons. The van der Waals surface area contributed by atoms with Crippen molar-refractivity contribution in [2.24, 2.45) is 0 Å². The molecule has 0 aliphatic heterocycles. The average molecular weight is 361 g/mol. The van der Waals surface area contributed by atoms with E-state index in [2.05, 4.69) is 81.2 Å². The first-order chi connectivity index (χ1) is 11.3. The third-order valence-corrected chi connectivity index (χ3v) is 4.58. The topological polar surface area (TPSA) is 28.7 Å². The molecule has 1 aromatic heterocycles. The van der Waals surface area contributed by atoms with Gasteiger partial charge in [-0.2, -0.15) is 5.26 Å². The summed E-state index contributed by atoms with van der Waals surface area (Å²) < 4.78 is 3.33. The molecule has 0 unspecified atom stereocenters. The van der Waals surface area contributed by atoms with Crippen molar-refractivity contribution in [3.63, 3.8) is 0 Å². The summed E-state index contributed by atoms with van der Waals surface area (Å²) in [4.78, 5) is 0. The first-order valence-electron chi connectivity index (χ1n) is 7.43. The van der Waals surface area contributed by atoms with E-state index in [0.717, 1.165) is 21.2 Å². The summed E-state index contributed by atoms with van der Waals surface area (Å²) >= 11 is 3.57. The molecule has 0 amide bonds. The molecule has 3 aromatic carbocycles. The molecule has 4 aromatic rings. The fourth-order valence-corrected chi connectivity index (χ4v) is 3.46. The van der Waals surface area contributed by atoms with Crippen LogP contribution >= 0.6 is 15.9 Å². The van der Waals surface area contributed by atoms with Gasteiger partial charge in [-0.1, -0.05) is 40.2 Å². The largest absolute Gasteiger partial charge is 0.309 e. The van der Waals surface area contributed by atoms with Gasteiger partial charge in [0, 0.05) is 20.9 Å². The Kier molecular flexibility index (Phi) is 3.40. The summed E-state index contributed by atoms with van der Waals surface area (Å²) in [6.07, 6.45) is 0.432. The maximum atomic E-state index is 8.97. The van der Waals surface area contributed by atoms with E-state index in [9.17, 15) is 0 Å². The highest BCUT2D eigenvalue weighted by Gasteiger charge is 2.12. The van der Waals surface area contributed by atoms with Crippen molar-refractivity contribution in [2.45, 2.75) is 6.42 Å². The zero-order chi connectivity index (χ0) is 15.8. The second-order valence-corrected chi connectivity index (χ2v) is 6.43. The van der Waals surface area contributed by atoms with Gasteiger partial charge in [0.15, 0.2) is 0 Å². The standard InChI is InChI=1S/C20H13BrN2/c21-15-7-9-20-18(13-15)17-12-14(10-11-22)6-8-19(17)23(20)16-4-2-1-3-5-16/h1-9,12-13H,10H2. The van der Waals surface area contributed by atoms with Crippen LogP contribution in [0.5, 0.6) is 0 Å². The number of para-hydroxylation sites is 1. The van der Waals surface area contributed by atoms with Gasteiger partial charge in [-0.15, -0.1) is 0 Å². The number of nitrogens with zero attached hydrogens (tertiary/aromatic N) is 2. The molecule has 0 bridgehead atoms. The van der Waals surface area contributed by atoms with Gasteiger partial charge >= 0.3 is 0 Å². The highest BCUT2D eigenvalue weighted by atomic mass is 79.9. The van der Waals surface area contributed by atoms with Crippen LogP contribution in [-0.2, 0) is 6.42 Å². The van der Waals surface area contributed by atoms with Gasteiger partial charge in [-0.25, -0.2) is 0 Å². The van der Waals surface area contributed by atoms with Crippen LogP contribution in [0.15, 0.2) is 71.2 Å². The Balaban J connectivity index is 2.14. The zero-order valence-electron chi connectivity index (χ0n) is 12.3. The van der Waals surface area contributed by atoms with E-state index >= 15 is 0 Å². The molecule has 0 spiro atoms. The molecule has 23 heavy (non-hydrogen) atoms. The molecule has 0 radical (unpaired) electrons. The van der Waals surface area contributed by atoms with Crippen molar-refractivity contribution in [2.75, 3.05) is 0 Å². The SMILES string of the molecule is N#CCc1ccc2c(c1)c1cc(Br)ccc1n2-c1ccccc1. The van der Waals surface area contributed by atoms with E-state index in [0.29, 0.717) is 6.42 Å². The maximum Gasteiger partial charge on any atom is 0.0669 e. The van der Waals surface area contributed by atoms with Gasteiger partial charge in [-0.05, 0) is 48.0 Å². The Hall–Kier alpha value is -2.57. The van der Waals surface area contributed by atoms with Gasteiger partial charge in [0.25, 0.3) is 0 Å². The number of nitriles is 1. The lowest BCUT2D eigenvalue weighted by molar-refractivity contribution is 1.18. The van der Waals surface area contributed by atoms with E-state index in [1.807, 2.05) is 12.1 Å². The molecule has 1 heterocycles. The first kappa shape index (κ1) is 14.0. The number of hydrogen-bond donors (Lipinski definition) is 0. The van der Waals surface area contributed by atoms with Crippen LogP contribution in [0.3, 0.4) is 0 Å². The summed E-state index contributed by atoms with van der Waals surface area (Å²) in [7, 11) is 0. The molecular weight excluding hydrogens is 348 g/mol. The molecular formula is C20H13BrN2. The van der Waals surface area contributed by atoms with Crippen molar-refractivity contribution in [3.05, 3.63) is 76.8 Å². The Labute approximate surface area is 142 Å². The minimum atomic E-state index is 0.432. The van der Waals surface area contributed by atoms with E-state index < -0.39 is 0 Å². The number of fused-ring (bicyclic) bond motifs is 3. The van der Waals surface area contributed by atoms with Crippen LogP contribution in [0.2, 0.25) is 0 Å². The van der Waals surface area contributed by atoms with Crippen LogP contribution in [0, 0.1) is 11.3 Å². The van der Waals surface area contributed by atoms with E-state index in [4.69, 9.17) is 5.26 Å². The van der Waals surface area contributed by atoms with Gasteiger partial charge in [0.2, 0.25) is 0 Å². The minimum absolute atomic E-state index is 0.432. The van der Waals surface area contributed by atoms with Crippen LogP contribution in [0.1, 0.15) is 5.56 Å². The monoisotopic (exact) mass is 360 g/mol. The van der Waals surface area contributed by atoms with E-state index in [1.165, 1.54) is 16.3 Å². The van der Waals surface area contributed by atoms with Crippen LogP contribution in [-0.4, -0.2) is 4.57 Å². The Morgan fingerprint density at radius 2 is 1.57 bits per heavy atom. The summed E-state index contributed by atoms with van der Waals surface area (Å²) in [6, 6.07) is 25.2. The lowest BCUT2D eigenvalue weighted by Crippen LogP contribution is -1.93. The zero-order valence-corrected chi connectivity index (χ0v) is 13.9. The second-order valence-electron chi connectivity index (χ2n) is 5.52. The molecule has 4 rings (SSSR count). The van der Waals surface area contributed by atoms with Gasteiger partial charge in [0.05, 0.1) is 23.5 Å². The Bertz CT molecular complexity index is 1060. The van der Waals surface area contributed by atoms with Crippen molar-refractivity contribution in [1.82, 2.24) is 4.57 Å². The lowest BCUT2D eigenvalue weighted by Gasteiger charge is -2.07. The number of aromatic nitrogens is 1. The van der Waals surface area contributed by atoms with Crippen molar-refractivity contribution >= 4 is 37.7 Å². The molecule has 0 saturated heterocycles. The average Bonchev–Trinajstić information content (AvgIpc) is 2.89. The second kappa shape index (κ2) is 5.57. The molecule has 0 N–H and O–H groups in total. The summed E-state index contributed by atoms with van der Waals surface area (Å²) in [5.41, 5.74) is 4.52. The van der Waals surface area contributed by atoms with Crippen molar-refractivity contribution < 1.29 is 0 Å². The summed E-state index contributed by atoms with van der Waals surface area (Å²) in [5, 5.41) is 11.3. The van der Waals surface area contributed by atoms with Crippen LogP contribution < -0.4 is 0 Å². The fourth-order valence-electron chi connectivity index (χ4n) is 3.10. The molecule has 2 nitrogen and oxygen atoms in total. The highest BCUT2D eigenvalue weighted by Crippen LogP contribution is 2.34. The number of halogens is 1. The summed E-state index contributed by atoms with van der Waals surface area (Å²) in [5.74, 6) is 0. The highest BCUT2D eigenvalue weighted by molar-refractivity contribution is 9.10. The van der Waals surface area contributed by atoms with Crippen molar-refractivity contribution in [1.29, 1.82) is 5.26 Å². The van der Waals surface area contributed by atoms with E-state index in [-0.39, 0.29) is 0 Å². The quantitative estimate of drug-likeness (QED) is 0.456. The van der Waals surface area contributed by atoms with Gasteiger partial charge < -0.3 is 4.57 Å². The molecule has 0 atom stereocenters. The van der Waals surface area contributed by atoms with Crippen molar-refractivity contribution in [3.8, 4) is 11.8 Å².